The summed E-state index contributed by atoms with van der Waals surface area (Å²) in [5.41, 5.74) is 2.44. The number of rotatable bonds is 4. The van der Waals surface area contributed by atoms with E-state index in [9.17, 15) is 4.79 Å². The molecule has 3 unspecified atom stereocenters. The molecule has 7 heteroatoms. The summed E-state index contributed by atoms with van der Waals surface area (Å²) in [6.07, 6.45) is 2.25. The molecule has 2 aromatic rings. The average Bonchev–Trinajstić information content (AvgIpc) is 3.25. The van der Waals surface area contributed by atoms with Gasteiger partial charge >= 0.3 is 0 Å². The first-order chi connectivity index (χ1) is 10.8. The fourth-order valence-electron chi connectivity index (χ4n) is 3.25. The van der Waals surface area contributed by atoms with E-state index in [-0.39, 0.29) is 5.91 Å². The van der Waals surface area contributed by atoms with Crippen LogP contribution in [0.4, 0.5) is 0 Å². The van der Waals surface area contributed by atoms with E-state index in [4.69, 9.17) is 0 Å². The smallest absolute Gasteiger partial charge is 0.251 e. The minimum atomic E-state index is 0.0324. The van der Waals surface area contributed by atoms with E-state index in [1.165, 1.54) is 17.8 Å². The highest BCUT2D eigenvalue weighted by Crippen LogP contribution is 2.31. The van der Waals surface area contributed by atoms with Gasteiger partial charge in [0, 0.05) is 29.1 Å². The Labute approximate surface area is 136 Å². The summed E-state index contributed by atoms with van der Waals surface area (Å²) in [5, 5.41) is 14.5. The molecule has 1 aliphatic carbocycles. The second-order valence-corrected chi connectivity index (χ2v) is 7.90. The molecule has 5 nitrogen and oxygen atoms in total. The highest BCUT2D eigenvalue weighted by atomic mass is 32.2. The van der Waals surface area contributed by atoms with Gasteiger partial charge in [-0.15, -0.1) is 10.2 Å². The molecule has 2 heterocycles. The zero-order valence-electron chi connectivity index (χ0n) is 11.9. The lowest BCUT2D eigenvalue weighted by Gasteiger charge is -2.23. The van der Waals surface area contributed by atoms with E-state index in [0.717, 1.165) is 27.8 Å². The number of carbonyl (C=O) groups is 1. The second kappa shape index (κ2) is 5.98. The number of aromatic nitrogens is 2. The van der Waals surface area contributed by atoms with Gasteiger partial charge in [0.1, 0.15) is 5.51 Å². The molecule has 2 fully saturated rings. The van der Waals surface area contributed by atoms with Crippen molar-refractivity contribution in [1.29, 1.82) is 0 Å². The maximum atomic E-state index is 12.3. The van der Waals surface area contributed by atoms with E-state index >= 15 is 0 Å². The summed E-state index contributed by atoms with van der Waals surface area (Å²) in [6.45, 7) is 1.03. The molecule has 1 amide bonds. The molecule has 1 saturated heterocycles. The molecule has 2 aliphatic rings. The monoisotopic (exact) mass is 332 g/mol. The van der Waals surface area contributed by atoms with Gasteiger partial charge < -0.3 is 10.6 Å². The van der Waals surface area contributed by atoms with Crippen LogP contribution in [-0.4, -0.2) is 34.7 Å². The molecule has 1 aromatic heterocycles. The van der Waals surface area contributed by atoms with E-state index in [0.29, 0.717) is 18.0 Å². The molecule has 1 aliphatic heterocycles. The SMILES string of the molecule is O=C(NC1CC2CC1CN2)c1ccc(Sc2nncs2)cc1. The van der Waals surface area contributed by atoms with Crippen LogP contribution in [0.15, 0.2) is 39.0 Å². The maximum absolute atomic E-state index is 12.3. The van der Waals surface area contributed by atoms with Gasteiger partial charge in [0.15, 0.2) is 4.34 Å². The largest absolute Gasteiger partial charge is 0.349 e. The molecule has 0 radical (unpaired) electrons. The van der Waals surface area contributed by atoms with Gasteiger partial charge in [0.2, 0.25) is 0 Å². The van der Waals surface area contributed by atoms with Gasteiger partial charge in [-0.1, -0.05) is 23.1 Å². The van der Waals surface area contributed by atoms with Crippen molar-refractivity contribution in [1.82, 2.24) is 20.8 Å². The first-order valence-electron chi connectivity index (χ1n) is 7.36. The molecule has 22 heavy (non-hydrogen) atoms. The van der Waals surface area contributed by atoms with Gasteiger partial charge in [0.05, 0.1) is 0 Å². The van der Waals surface area contributed by atoms with Crippen LogP contribution in [0.3, 0.4) is 0 Å². The van der Waals surface area contributed by atoms with Crippen LogP contribution in [0.1, 0.15) is 23.2 Å². The molecule has 114 valence electrons. The van der Waals surface area contributed by atoms with Crippen molar-refractivity contribution in [3.63, 3.8) is 0 Å². The Morgan fingerprint density at radius 2 is 2.18 bits per heavy atom. The predicted molar refractivity (Wildman–Crippen MR) is 86.2 cm³/mol. The highest BCUT2D eigenvalue weighted by Gasteiger charge is 2.39. The Hall–Kier alpha value is -1.44. The minimum absolute atomic E-state index is 0.0324. The Morgan fingerprint density at radius 3 is 2.82 bits per heavy atom. The fourth-order valence-corrected chi connectivity index (χ4v) is 4.70. The number of carbonyl (C=O) groups excluding carboxylic acids is 1. The number of benzene rings is 1. The summed E-state index contributed by atoms with van der Waals surface area (Å²) in [6, 6.07) is 8.61. The quantitative estimate of drug-likeness (QED) is 0.898. The van der Waals surface area contributed by atoms with E-state index in [2.05, 4.69) is 20.8 Å². The molecular formula is C15H16N4OS2. The summed E-state index contributed by atoms with van der Waals surface area (Å²) in [4.78, 5) is 13.4. The van der Waals surface area contributed by atoms with Crippen LogP contribution < -0.4 is 10.6 Å². The van der Waals surface area contributed by atoms with Crippen LogP contribution in [-0.2, 0) is 0 Å². The van der Waals surface area contributed by atoms with Crippen LogP contribution >= 0.6 is 23.1 Å². The lowest BCUT2D eigenvalue weighted by molar-refractivity contribution is 0.0925. The second-order valence-electron chi connectivity index (χ2n) is 5.75. The number of amides is 1. The number of nitrogens with zero attached hydrogens (tertiary/aromatic N) is 2. The van der Waals surface area contributed by atoms with Crippen LogP contribution in [0.25, 0.3) is 0 Å². The van der Waals surface area contributed by atoms with Crippen molar-refractivity contribution in [2.45, 2.75) is 34.2 Å². The molecule has 4 rings (SSSR count). The van der Waals surface area contributed by atoms with Crippen molar-refractivity contribution >= 4 is 29.0 Å². The maximum Gasteiger partial charge on any atom is 0.251 e. The normalized spacial score (nSPS) is 26.3. The highest BCUT2D eigenvalue weighted by molar-refractivity contribution is 8.01. The third-order valence-corrected chi connectivity index (χ3v) is 6.13. The van der Waals surface area contributed by atoms with Crippen LogP contribution in [0, 0.1) is 5.92 Å². The molecule has 1 aromatic carbocycles. The van der Waals surface area contributed by atoms with Gasteiger partial charge in [-0.2, -0.15) is 0 Å². The number of fused-ring (bicyclic) bond motifs is 2. The van der Waals surface area contributed by atoms with E-state index in [1.807, 2.05) is 24.3 Å². The molecule has 3 atom stereocenters. The zero-order chi connectivity index (χ0) is 14.9. The van der Waals surface area contributed by atoms with Gasteiger partial charge in [-0.25, -0.2) is 0 Å². The number of hydrogen-bond donors (Lipinski definition) is 2. The Morgan fingerprint density at radius 1 is 1.32 bits per heavy atom. The standard InChI is InChI=1S/C15H16N4OS2/c20-14(18-13-6-11-5-10(13)7-16-11)9-1-3-12(4-2-9)22-15-19-17-8-21-15/h1-4,8,10-11,13,16H,5-7H2,(H,18,20). The summed E-state index contributed by atoms with van der Waals surface area (Å²) < 4.78 is 0.909. The van der Waals surface area contributed by atoms with E-state index in [1.54, 1.807) is 17.3 Å². The van der Waals surface area contributed by atoms with Crippen molar-refractivity contribution in [3.05, 3.63) is 35.3 Å². The number of piperidine rings is 1. The van der Waals surface area contributed by atoms with Crippen molar-refractivity contribution in [2.24, 2.45) is 5.92 Å². The molecule has 2 bridgehead atoms. The van der Waals surface area contributed by atoms with Gasteiger partial charge in [-0.05, 0) is 43.0 Å². The molecule has 0 spiro atoms. The summed E-state index contributed by atoms with van der Waals surface area (Å²) in [7, 11) is 0. The third kappa shape index (κ3) is 2.88. The van der Waals surface area contributed by atoms with Gasteiger partial charge in [-0.3, -0.25) is 4.79 Å². The van der Waals surface area contributed by atoms with Crippen molar-refractivity contribution in [3.8, 4) is 0 Å². The minimum Gasteiger partial charge on any atom is -0.349 e. The van der Waals surface area contributed by atoms with Crippen LogP contribution in [0.2, 0.25) is 0 Å². The average molecular weight is 332 g/mol. The fraction of sp³-hybridized carbons (Fsp3) is 0.400. The lowest BCUT2D eigenvalue weighted by atomic mass is 10.0. The first kappa shape index (κ1) is 14.2. The zero-order valence-corrected chi connectivity index (χ0v) is 13.5. The van der Waals surface area contributed by atoms with Crippen molar-refractivity contribution in [2.75, 3.05) is 6.54 Å². The van der Waals surface area contributed by atoms with Crippen LogP contribution in [0.5, 0.6) is 0 Å². The number of hydrogen-bond acceptors (Lipinski definition) is 6. The Balaban J connectivity index is 1.38. The topological polar surface area (TPSA) is 66.9 Å². The predicted octanol–water partition coefficient (Wildman–Crippen LogP) is 2.17. The lowest BCUT2D eigenvalue weighted by Crippen LogP contribution is -2.44. The Kier molecular flexibility index (Phi) is 3.85. The van der Waals surface area contributed by atoms with Gasteiger partial charge in [0.25, 0.3) is 5.91 Å². The summed E-state index contributed by atoms with van der Waals surface area (Å²) in [5.74, 6) is 0.631. The molecular weight excluding hydrogens is 316 g/mol. The van der Waals surface area contributed by atoms with Crippen molar-refractivity contribution < 1.29 is 4.79 Å². The summed E-state index contributed by atoms with van der Waals surface area (Å²) >= 11 is 3.07. The number of nitrogens with one attached hydrogen (secondary N) is 2. The molecule has 1 saturated carbocycles. The molecule has 2 N–H and O–H groups in total. The Bertz CT molecular complexity index is 659. The third-order valence-electron chi connectivity index (χ3n) is 4.34. The van der Waals surface area contributed by atoms with E-state index < -0.39 is 0 Å². The first-order valence-corrected chi connectivity index (χ1v) is 9.06.